The summed E-state index contributed by atoms with van der Waals surface area (Å²) in [7, 11) is -7.36. The smallest absolute Gasteiger partial charge is 0.242 e. The van der Waals surface area contributed by atoms with E-state index in [2.05, 4.69) is 9.71 Å². The van der Waals surface area contributed by atoms with E-state index in [-0.39, 0.29) is 29.3 Å². The van der Waals surface area contributed by atoms with Gasteiger partial charge >= 0.3 is 0 Å². The molecule has 8 nitrogen and oxygen atoms in total. The van der Waals surface area contributed by atoms with E-state index >= 15 is 0 Å². The fourth-order valence-electron chi connectivity index (χ4n) is 1.17. The molecule has 10 heteroatoms. The SMILES string of the molecule is N#Cc1ccc(S(=O)(=O)NCCCS(N)(=O)=O)cn1. The van der Waals surface area contributed by atoms with Gasteiger partial charge in [-0.05, 0) is 18.6 Å². The molecule has 1 rings (SSSR count). The van der Waals surface area contributed by atoms with Gasteiger partial charge in [-0.25, -0.2) is 31.7 Å². The van der Waals surface area contributed by atoms with Crippen LogP contribution < -0.4 is 9.86 Å². The highest BCUT2D eigenvalue weighted by molar-refractivity contribution is 7.89. The largest absolute Gasteiger partial charge is 0.244 e. The quantitative estimate of drug-likeness (QED) is 0.639. The number of aromatic nitrogens is 1. The fraction of sp³-hybridized carbons (Fsp3) is 0.333. The predicted octanol–water partition coefficient (Wildman–Crippen LogP) is -1.09. The predicted molar refractivity (Wildman–Crippen MR) is 66.7 cm³/mol. The fourth-order valence-corrected chi connectivity index (χ4v) is 2.73. The third-order valence-electron chi connectivity index (χ3n) is 2.06. The summed E-state index contributed by atoms with van der Waals surface area (Å²) >= 11 is 0. The summed E-state index contributed by atoms with van der Waals surface area (Å²) < 4.78 is 47.0. The number of hydrogen-bond acceptors (Lipinski definition) is 6. The van der Waals surface area contributed by atoms with E-state index in [1.807, 2.05) is 0 Å². The Morgan fingerprint density at radius 1 is 1.32 bits per heavy atom. The summed E-state index contributed by atoms with van der Waals surface area (Å²) in [5.41, 5.74) is 0.105. The Morgan fingerprint density at radius 2 is 2.00 bits per heavy atom. The zero-order chi connectivity index (χ0) is 14.5. The highest BCUT2D eigenvalue weighted by Crippen LogP contribution is 2.07. The second-order valence-electron chi connectivity index (χ2n) is 3.61. The first kappa shape index (κ1) is 15.5. The number of nitrogens with one attached hydrogen (secondary N) is 1. The maximum atomic E-state index is 11.7. The Morgan fingerprint density at radius 3 is 2.47 bits per heavy atom. The molecule has 3 N–H and O–H groups in total. The van der Waals surface area contributed by atoms with Gasteiger partial charge in [0.15, 0.2) is 0 Å². The first-order chi connectivity index (χ1) is 8.74. The molecule has 0 aliphatic heterocycles. The molecule has 0 spiro atoms. The summed E-state index contributed by atoms with van der Waals surface area (Å²) in [6.07, 6.45) is 1.13. The molecule has 0 saturated heterocycles. The lowest BCUT2D eigenvalue weighted by molar-refractivity contribution is 0.576. The Labute approximate surface area is 111 Å². The van der Waals surface area contributed by atoms with Gasteiger partial charge in [-0.1, -0.05) is 0 Å². The Balaban J connectivity index is 2.63. The van der Waals surface area contributed by atoms with Gasteiger partial charge in [0, 0.05) is 12.7 Å². The number of hydrogen-bond donors (Lipinski definition) is 2. The molecule has 0 saturated carbocycles. The van der Waals surface area contributed by atoms with Crippen LogP contribution >= 0.6 is 0 Å². The number of primary sulfonamides is 1. The molecular weight excluding hydrogens is 292 g/mol. The van der Waals surface area contributed by atoms with Crippen LogP contribution in [0.1, 0.15) is 12.1 Å². The Bertz CT molecular complexity index is 674. The number of nitrogens with two attached hydrogens (primary N) is 1. The van der Waals surface area contributed by atoms with E-state index in [4.69, 9.17) is 10.4 Å². The van der Waals surface area contributed by atoms with Crippen molar-refractivity contribution in [2.24, 2.45) is 5.14 Å². The number of pyridine rings is 1. The molecule has 0 radical (unpaired) electrons. The van der Waals surface area contributed by atoms with E-state index in [0.717, 1.165) is 6.20 Å². The summed E-state index contributed by atoms with van der Waals surface area (Å²) in [6.45, 7) is -0.0568. The molecule has 0 unspecified atom stereocenters. The number of nitrogens with zero attached hydrogens (tertiary/aromatic N) is 2. The maximum Gasteiger partial charge on any atom is 0.242 e. The van der Waals surface area contributed by atoms with Crippen molar-refractivity contribution in [3.8, 4) is 6.07 Å². The van der Waals surface area contributed by atoms with Gasteiger partial charge in [0.2, 0.25) is 20.0 Å². The molecule has 0 bridgehead atoms. The van der Waals surface area contributed by atoms with Gasteiger partial charge in [0.05, 0.1) is 5.75 Å². The maximum absolute atomic E-state index is 11.7. The minimum Gasteiger partial charge on any atom is -0.244 e. The standard InChI is InChI=1S/C9H12N4O4S2/c10-6-8-2-3-9(7-12-8)19(16,17)13-4-1-5-18(11,14)15/h2-3,7,13H,1,4-5H2,(H2,11,14,15). The van der Waals surface area contributed by atoms with Crippen molar-refractivity contribution in [2.75, 3.05) is 12.3 Å². The van der Waals surface area contributed by atoms with Crippen molar-refractivity contribution >= 4 is 20.0 Å². The number of rotatable bonds is 6. The summed E-state index contributed by atoms with van der Waals surface area (Å²) in [5, 5.41) is 13.3. The first-order valence-corrected chi connectivity index (χ1v) is 8.31. The van der Waals surface area contributed by atoms with E-state index in [9.17, 15) is 16.8 Å². The van der Waals surface area contributed by atoms with E-state index in [0.29, 0.717) is 0 Å². The number of nitriles is 1. The van der Waals surface area contributed by atoms with E-state index in [1.54, 1.807) is 6.07 Å². The normalized spacial score (nSPS) is 12.0. The van der Waals surface area contributed by atoms with Gasteiger partial charge in [0.1, 0.15) is 16.7 Å². The lowest BCUT2D eigenvalue weighted by atomic mass is 10.4. The summed E-state index contributed by atoms with van der Waals surface area (Å²) in [6, 6.07) is 4.29. The number of sulfonamides is 2. The zero-order valence-corrected chi connectivity index (χ0v) is 11.4. The molecule has 104 valence electrons. The van der Waals surface area contributed by atoms with Crippen molar-refractivity contribution in [3.63, 3.8) is 0 Å². The lowest BCUT2D eigenvalue weighted by Crippen LogP contribution is -2.27. The van der Waals surface area contributed by atoms with Gasteiger partial charge in [-0.3, -0.25) is 0 Å². The lowest BCUT2D eigenvalue weighted by Gasteiger charge is -2.05. The van der Waals surface area contributed by atoms with Crippen LogP contribution in [0.25, 0.3) is 0 Å². The van der Waals surface area contributed by atoms with Gasteiger partial charge < -0.3 is 0 Å². The molecule has 0 aliphatic carbocycles. The molecule has 1 aromatic rings. The third kappa shape index (κ3) is 5.31. The first-order valence-electron chi connectivity index (χ1n) is 5.11. The average Bonchev–Trinajstić information content (AvgIpc) is 2.34. The minimum absolute atomic E-state index is 0.0568. The van der Waals surface area contributed by atoms with E-state index in [1.165, 1.54) is 12.1 Å². The molecule has 0 fully saturated rings. The van der Waals surface area contributed by atoms with Crippen molar-refractivity contribution < 1.29 is 16.8 Å². The van der Waals surface area contributed by atoms with Gasteiger partial charge in [-0.15, -0.1) is 0 Å². The zero-order valence-electron chi connectivity index (χ0n) is 9.77. The highest BCUT2D eigenvalue weighted by Gasteiger charge is 2.14. The molecule has 1 aromatic heterocycles. The monoisotopic (exact) mass is 304 g/mol. The van der Waals surface area contributed by atoms with Crippen molar-refractivity contribution in [1.82, 2.24) is 9.71 Å². The average molecular weight is 304 g/mol. The van der Waals surface area contributed by atoms with Crippen molar-refractivity contribution in [2.45, 2.75) is 11.3 Å². The van der Waals surface area contributed by atoms with Crippen molar-refractivity contribution in [1.29, 1.82) is 5.26 Å². The van der Waals surface area contributed by atoms with Crippen LogP contribution in [0.4, 0.5) is 0 Å². The third-order valence-corrected chi connectivity index (χ3v) is 4.36. The van der Waals surface area contributed by atoms with Crippen LogP contribution in [0.5, 0.6) is 0 Å². The van der Waals surface area contributed by atoms with Crippen molar-refractivity contribution in [3.05, 3.63) is 24.0 Å². The molecule has 1 heterocycles. The Hall–Kier alpha value is -1.54. The Kier molecular flexibility index (Phi) is 4.96. The second-order valence-corrected chi connectivity index (χ2v) is 7.11. The molecule has 0 aliphatic rings. The van der Waals surface area contributed by atoms with Gasteiger partial charge in [0.25, 0.3) is 0 Å². The van der Waals surface area contributed by atoms with Crippen LogP contribution in [-0.4, -0.2) is 34.1 Å². The van der Waals surface area contributed by atoms with Gasteiger partial charge in [-0.2, -0.15) is 5.26 Å². The molecular formula is C9H12N4O4S2. The minimum atomic E-state index is -3.76. The van der Waals surface area contributed by atoms with Crippen LogP contribution in [0.3, 0.4) is 0 Å². The molecule has 0 aromatic carbocycles. The van der Waals surface area contributed by atoms with Crippen LogP contribution in [0, 0.1) is 11.3 Å². The summed E-state index contributed by atoms with van der Waals surface area (Å²) in [5.74, 6) is -0.304. The highest BCUT2D eigenvalue weighted by atomic mass is 32.2. The van der Waals surface area contributed by atoms with Crippen LogP contribution in [0.2, 0.25) is 0 Å². The molecule has 0 atom stereocenters. The van der Waals surface area contributed by atoms with Crippen LogP contribution in [0.15, 0.2) is 23.2 Å². The van der Waals surface area contributed by atoms with Crippen LogP contribution in [-0.2, 0) is 20.0 Å². The summed E-state index contributed by atoms with van der Waals surface area (Å²) in [4.78, 5) is 3.54. The second kappa shape index (κ2) is 6.07. The molecule has 19 heavy (non-hydrogen) atoms. The topological polar surface area (TPSA) is 143 Å². The molecule has 0 amide bonds. The van der Waals surface area contributed by atoms with E-state index < -0.39 is 20.0 Å².